The number of carbonyl (C=O) groups is 1. The lowest BCUT2D eigenvalue weighted by Gasteiger charge is -1.98. The van der Waals surface area contributed by atoms with Crippen LogP contribution in [0.4, 0.5) is 0 Å². The molecule has 1 unspecified atom stereocenters. The Morgan fingerprint density at radius 1 is 1.75 bits per heavy atom. The predicted octanol–water partition coefficient (Wildman–Crippen LogP) is 1.15. The third kappa shape index (κ3) is 2.66. The minimum absolute atomic E-state index is 0.278. The predicted molar refractivity (Wildman–Crippen MR) is 46.7 cm³/mol. The van der Waals surface area contributed by atoms with E-state index in [0.717, 1.165) is 5.92 Å². The van der Waals surface area contributed by atoms with E-state index in [4.69, 9.17) is 5.11 Å². The lowest BCUT2D eigenvalue weighted by Crippen LogP contribution is -2.10. The number of allylic oxidation sites excluding steroid dienone is 2. The molecular weight excluding hydrogens is 154 g/mol. The lowest BCUT2D eigenvalue weighted by molar-refractivity contribution is -0.135. The van der Waals surface area contributed by atoms with E-state index in [2.05, 4.69) is 11.8 Å². The van der Waals surface area contributed by atoms with Crippen LogP contribution in [0.5, 0.6) is 0 Å². The monoisotopic (exact) mass is 169 g/mol. The van der Waals surface area contributed by atoms with Gasteiger partial charge in [-0.2, -0.15) is 0 Å². The summed E-state index contributed by atoms with van der Waals surface area (Å²) < 4.78 is 0. The van der Waals surface area contributed by atoms with Gasteiger partial charge in [0.25, 0.3) is 0 Å². The molecule has 0 aliphatic heterocycles. The molecule has 3 heteroatoms. The van der Waals surface area contributed by atoms with Crippen LogP contribution in [0.15, 0.2) is 11.6 Å². The molecule has 3 nitrogen and oxygen atoms in total. The molecule has 0 saturated heterocycles. The second kappa shape index (κ2) is 4.26. The molecule has 0 heterocycles. The zero-order valence-electron chi connectivity index (χ0n) is 7.12. The van der Waals surface area contributed by atoms with Crippen molar-refractivity contribution in [3.63, 3.8) is 0 Å². The molecule has 1 saturated carbocycles. The minimum atomic E-state index is -0.968. The molecule has 68 valence electrons. The molecule has 1 atom stereocenters. The summed E-state index contributed by atoms with van der Waals surface area (Å²) in [5.41, 5.74) is 6.31. The number of hydrogen-bond acceptors (Lipinski definition) is 2. The summed E-state index contributed by atoms with van der Waals surface area (Å²) in [5, 5.41) is 7.60. The van der Waals surface area contributed by atoms with Crippen LogP contribution >= 0.6 is 0 Å². The van der Waals surface area contributed by atoms with Gasteiger partial charge in [0.1, 0.15) is 0 Å². The molecule has 3 N–H and O–H groups in total. The van der Waals surface area contributed by atoms with Gasteiger partial charge in [0.05, 0.1) is 6.54 Å². The maximum absolute atomic E-state index is 9.24. The van der Waals surface area contributed by atoms with E-state index in [-0.39, 0.29) is 6.54 Å². The molecule has 2 bridgehead atoms. The van der Waals surface area contributed by atoms with Crippen LogP contribution in [0.2, 0.25) is 0 Å². The number of hydrogen-bond donors (Lipinski definition) is 2. The van der Waals surface area contributed by atoms with Gasteiger partial charge in [0, 0.05) is 0 Å². The highest BCUT2D eigenvalue weighted by atomic mass is 16.4. The first kappa shape index (κ1) is 9.26. The van der Waals surface area contributed by atoms with Gasteiger partial charge >= 0.3 is 5.97 Å². The second-order valence-corrected chi connectivity index (χ2v) is 3.30. The number of nitrogens with two attached hydrogens (primary N) is 1. The van der Waals surface area contributed by atoms with Crippen LogP contribution in [0, 0.1) is 5.92 Å². The van der Waals surface area contributed by atoms with Crippen molar-refractivity contribution in [2.75, 3.05) is 6.54 Å². The van der Waals surface area contributed by atoms with Crippen molar-refractivity contribution < 1.29 is 9.90 Å². The third-order valence-electron chi connectivity index (χ3n) is 2.34. The Kier molecular flexibility index (Phi) is 3.29. The number of carboxylic acid groups (broad SMARTS) is 1. The topological polar surface area (TPSA) is 63.3 Å². The average Bonchev–Trinajstić information content (AvgIpc) is 2.67. The van der Waals surface area contributed by atoms with Crippen molar-refractivity contribution in [1.29, 1.82) is 0 Å². The molecule has 0 aromatic rings. The molecule has 0 amide bonds. The van der Waals surface area contributed by atoms with Crippen molar-refractivity contribution in [1.82, 2.24) is 0 Å². The molecular formula is C9H15NO2. The quantitative estimate of drug-likeness (QED) is 0.579. The smallest absolute Gasteiger partial charge is 0.317 e. The van der Waals surface area contributed by atoms with E-state index in [9.17, 15) is 4.79 Å². The lowest BCUT2D eigenvalue weighted by atomic mass is 10.1. The molecule has 2 rings (SSSR count). The average molecular weight is 169 g/mol. The Hall–Kier alpha value is -0.830. The van der Waals surface area contributed by atoms with E-state index in [1.165, 1.54) is 25.7 Å². The van der Waals surface area contributed by atoms with Crippen molar-refractivity contribution in [2.24, 2.45) is 11.7 Å². The largest absolute Gasteiger partial charge is 0.480 e. The first-order valence-corrected chi connectivity index (χ1v) is 4.32. The van der Waals surface area contributed by atoms with Gasteiger partial charge in [-0.25, -0.2) is 0 Å². The summed E-state index contributed by atoms with van der Waals surface area (Å²) in [6, 6.07) is 0. The Morgan fingerprint density at radius 3 is 2.50 bits per heavy atom. The van der Waals surface area contributed by atoms with Crippen molar-refractivity contribution >= 4 is 5.97 Å². The van der Waals surface area contributed by atoms with Crippen LogP contribution < -0.4 is 5.73 Å². The fourth-order valence-electron chi connectivity index (χ4n) is 1.68. The minimum Gasteiger partial charge on any atom is -0.480 e. The normalized spacial score (nSPS) is 24.4. The standard InChI is InChI=1S/C7H10.C2H5NO2/c1-2-7-4-3-6(1)5-7;3-1-2(4)5/h1,7H,2-5H2;1,3H2,(H,4,5). The van der Waals surface area contributed by atoms with E-state index in [0.29, 0.717) is 0 Å². The summed E-state index contributed by atoms with van der Waals surface area (Å²) in [6.45, 7) is -0.278. The summed E-state index contributed by atoms with van der Waals surface area (Å²) in [6.07, 6.45) is 8.18. The number of aliphatic carboxylic acids is 1. The fourth-order valence-corrected chi connectivity index (χ4v) is 1.68. The van der Waals surface area contributed by atoms with Gasteiger partial charge in [0.15, 0.2) is 0 Å². The van der Waals surface area contributed by atoms with Crippen LogP contribution in [-0.2, 0) is 4.79 Å². The SMILES string of the molecule is C1=C2CCC(C1)C2.NCC(=O)O. The molecule has 12 heavy (non-hydrogen) atoms. The van der Waals surface area contributed by atoms with E-state index in [1.54, 1.807) is 5.57 Å². The molecule has 0 aromatic heterocycles. The van der Waals surface area contributed by atoms with Gasteiger partial charge in [-0.3, -0.25) is 4.79 Å². The number of carboxylic acids is 1. The molecule has 0 aromatic carbocycles. The zero-order valence-corrected chi connectivity index (χ0v) is 7.12. The van der Waals surface area contributed by atoms with Crippen LogP contribution in [0.1, 0.15) is 25.7 Å². The molecule has 2 aliphatic rings. The first-order valence-electron chi connectivity index (χ1n) is 4.32. The Bertz CT molecular complexity index is 199. The summed E-state index contributed by atoms with van der Waals surface area (Å²) >= 11 is 0. The highest BCUT2D eigenvalue weighted by Crippen LogP contribution is 2.38. The van der Waals surface area contributed by atoms with Gasteiger partial charge in [-0.15, -0.1) is 0 Å². The Morgan fingerprint density at radius 2 is 2.42 bits per heavy atom. The van der Waals surface area contributed by atoms with Crippen molar-refractivity contribution in [3.8, 4) is 0 Å². The molecule has 2 aliphatic carbocycles. The number of fused-ring (bicyclic) bond motifs is 2. The van der Waals surface area contributed by atoms with Crippen molar-refractivity contribution in [3.05, 3.63) is 11.6 Å². The van der Waals surface area contributed by atoms with Gasteiger partial charge in [0.2, 0.25) is 0 Å². The van der Waals surface area contributed by atoms with Crippen molar-refractivity contribution in [2.45, 2.75) is 25.7 Å². The van der Waals surface area contributed by atoms with Gasteiger partial charge in [-0.05, 0) is 31.6 Å². The highest BCUT2D eigenvalue weighted by molar-refractivity contribution is 5.68. The van der Waals surface area contributed by atoms with E-state index in [1.807, 2.05) is 0 Å². The number of rotatable bonds is 1. The maximum atomic E-state index is 9.24. The summed E-state index contributed by atoms with van der Waals surface area (Å²) in [4.78, 5) is 9.24. The van der Waals surface area contributed by atoms with E-state index < -0.39 is 5.97 Å². The second-order valence-electron chi connectivity index (χ2n) is 3.30. The van der Waals surface area contributed by atoms with Crippen LogP contribution in [0.3, 0.4) is 0 Å². The molecule has 0 radical (unpaired) electrons. The molecule has 0 spiro atoms. The fraction of sp³-hybridized carbons (Fsp3) is 0.667. The van der Waals surface area contributed by atoms with Gasteiger partial charge in [-0.1, -0.05) is 11.6 Å². The highest BCUT2D eigenvalue weighted by Gasteiger charge is 2.22. The summed E-state index contributed by atoms with van der Waals surface area (Å²) in [7, 11) is 0. The maximum Gasteiger partial charge on any atom is 0.317 e. The first-order chi connectivity index (χ1) is 5.72. The Balaban J connectivity index is 0.000000130. The van der Waals surface area contributed by atoms with Gasteiger partial charge < -0.3 is 10.8 Å². The van der Waals surface area contributed by atoms with E-state index >= 15 is 0 Å². The molecule has 1 fully saturated rings. The Labute approximate surface area is 72.3 Å². The zero-order chi connectivity index (χ0) is 8.97. The summed E-state index contributed by atoms with van der Waals surface area (Å²) in [5.74, 6) is 0.111. The van der Waals surface area contributed by atoms with Crippen LogP contribution in [0.25, 0.3) is 0 Å². The van der Waals surface area contributed by atoms with Crippen LogP contribution in [-0.4, -0.2) is 17.6 Å². The third-order valence-corrected chi connectivity index (χ3v) is 2.34.